The van der Waals surface area contributed by atoms with Gasteiger partial charge in [-0.25, -0.2) is 0 Å². The molecule has 2 aromatic rings. The molecule has 2 aromatic carbocycles. The molecule has 0 aliphatic heterocycles. The van der Waals surface area contributed by atoms with Gasteiger partial charge in [-0.3, -0.25) is 0 Å². The van der Waals surface area contributed by atoms with Crippen molar-refractivity contribution in [2.75, 3.05) is 6.54 Å². The largest absolute Gasteiger partial charge is 0.310 e. The van der Waals surface area contributed by atoms with E-state index >= 15 is 0 Å². The van der Waals surface area contributed by atoms with Crippen LogP contribution < -0.4 is 5.32 Å². The summed E-state index contributed by atoms with van der Waals surface area (Å²) in [6.45, 7) is 5.27. The predicted octanol–water partition coefficient (Wildman–Crippen LogP) is 5.59. The molecule has 112 valence electrons. The molecule has 0 aliphatic carbocycles. The summed E-state index contributed by atoms with van der Waals surface area (Å²) in [5, 5.41) is 5.11. The van der Waals surface area contributed by atoms with Crippen LogP contribution in [0.5, 0.6) is 0 Å². The third kappa shape index (κ3) is 4.74. The minimum absolute atomic E-state index is 0.251. The smallest absolute Gasteiger partial charge is 0.0439 e. The summed E-state index contributed by atoms with van der Waals surface area (Å²) < 4.78 is 0. The van der Waals surface area contributed by atoms with Gasteiger partial charge in [0.05, 0.1) is 0 Å². The lowest BCUT2D eigenvalue weighted by Crippen LogP contribution is -2.24. The Bertz CT molecular complexity index is 596. The van der Waals surface area contributed by atoms with Crippen LogP contribution in [-0.2, 0) is 6.42 Å². The molecule has 0 saturated carbocycles. The Morgan fingerprint density at radius 2 is 1.90 bits per heavy atom. The van der Waals surface area contributed by atoms with Gasteiger partial charge in [-0.05, 0) is 55.6 Å². The van der Waals surface area contributed by atoms with Crippen molar-refractivity contribution in [2.45, 2.75) is 32.7 Å². The van der Waals surface area contributed by atoms with Crippen molar-refractivity contribution in [3.8, 4) is 0 Å². The second-order valence-electron chi connectivity index (χ2n) is 5.36. The Kier molecular flexibility index (Phi) is 6.10. The van der Waals surface area contributed by atoms with Gasteiger partial charge in [-0.15, -0.1) is 0 Å². The van der Waals surface area contributed by atoms with E-state index < -0.39 is 0 Å². The molecule has 0 saturated heterocycles. The van der Waals surface area contributed by atoms with Gasteiger partial charge in [0.25, 0.3) is 0 Å². The first-order valence-electron chi connectivity index (χ1n) is 7.34. The highest BCUT2D eigenvalue weighted by atomic mass is 35.5. The first kappa shape index (κ1) is 16.4. The van der Waals surface area contributed by atoms with Crippen LogP contribution in [0.15, 0.2) is 42.5 Å². The monoisotopic (exact) mass is 321 g/mol. The number of aryl methyl sites for hydroxylation is 1. The highest BCUT2D eigenvalue weighted by Crippen LogP contribution is 2.26. The molecule has 0 amide bonds. The lowest BCUT2D eigenvalue weighted by Gasteiger charge is -2.20. The molecule has 0 aliphatic rings. The van der Waals surface area contributed by atoms with Crippen LogP contribution >= 0.6 is 23.2 Å². The van der Waals surface area contributed by atoms with Gasteiger partial charge >= 0.3 is 0 Å². The number of hydrogen-bond acceptors (Lipinski definition) is 1. The zero-order valence-corrected chi connectivity index (χ0v) is 14.0. The van der Waals surface area contributed by atoms with Crippen LogP contribution in [0.4, 0.5) is 0 Å². The van der Waals surface area contributed by atoms with Crippen molar-refractivity contribution in [3.05, 3.63) is 69.2 Å². The number of benzene rings is 2. The summed E-state index contributed by atoms with van der Waals surface area (Å²) in [4.78, 5) is 0. The fraction of sp³-hybridized carbons (Fsp3) is 0.333. The maximum absolute atomic E-state index is 6.31. The maximum atomic E-state index is 6.31. The molecular formula is C18H21Cl2N. The Balaban J connectivity index is 2.25. The second-order valence-corrected chi connectivity index (χ2v) is 6.20. The molecule has 0 heterocycles. The number of nitrogens with one attached hydrogen (secondary N) is 1. The Morgan fingerprint density at radius 1 is 1.10 bits per heavy atom. The van der Waals surface area contributed by atoms with Crippen molar-refractivity contribution < 1.29 is 0 Å². The molecule has 1 unspecified atom stereocenters. The molecule has 21 heavy (non-hydrogen) atoms. The highest BCUT2D eigenvalue weighted by molar-refractivity contribution is 6.33. The minimum atomic E-state index is 0.251. The summed E-state index contributed by atoms with van der Waals surface area (Å²) in [6.07, 6.45) is 1.94. The van der Waals surface area contributed by atoms with E-state index in [1.807, 2.05) is 18.2 Å². The third-order valence-corrected chi connectivity index (χ3v) is 4.12. The van der Waals surface area contributed by atoms with E-state index in [1.54, 1.807) is 0 Å². The molecule has 1 atom stereocenters. The van der Waals surface area contributed by atoms with Crippen LogP contribution in [-0.4, -0.2) is 6.54 Å². The van der Waals surface area contributed by atoms with Crippen molar-refractivity contribution in [1.82, 2.24) is 5.32 Å². The van der Waals surface area contributed by atoms with Crippen LogP contribution in [0, 0.1) is 6.92 Å². The van der Waals surface area contributed by atoms with E-state index in [2.05, 4.69) is 43.4 Å². The van der Waals surface area contributed by atoms with Gasteiger partial charge in [-0.1, -0.05) is 60.0 Å². The normalized spacial score (nSPS) is 12.4. The quantitative estimate of drug-likeness (QED) is 0.731. The predicted molar refractivity (Wildman–Crippen MR) is 92.4 cm³/mol. The van der Waals surface area contributed by atoms with Crippen molar-refractivity contribution >= 4 is 23.2 Å². The van der Waals surface area contributed by atoms with E-state index in [-0.39, 0.29) is 6.04 Å². The summed E-state index contributed by atoms with van der Waals surface area (Å²) in [5.74, 6) is 0. The average molecular weight is 322 g/mol. The van der Waals surface area contributed by atoms with E-state index in [0.717, 1.165) is 35.0 Å². The van der Waals surface area contributed by atoms with Crippen LogP contribution in [0.25, 0.3) is 0 Å². The first-order valence-corrected chi connectivity index (χ1v) is 8.09. The van der Waals surface area contributed by atoms with E-state index in [1.165, 1.54) is 11.1 Å². The molecule has 0 bridgehead atoms. The molecule has 3 heteroatoms. The summed E-state index contributed by atoms with van der Waals surface area (Å²) in [6, 6.07) is 14.5. The standard InChI is InChI=1S/C18H21Cl2N/c1-3-9-21-18(14-6-4-5-13(2)10-14)12-15-11-16(19)7-8-17(15)20/h4-8,10-11,18,21H,3,9,12H2,1-2H3. The van der Waals surface area contributed by atoms with Gasteiger partial charge in [0.2, 0.25) is 0 Å². The third-order valence-electron chi connectivity index (χ3n) is 3.52. The topological polar surface area (TPSA) is 12.0 Å². The van der Waals surface area contributed by atoms with Gasteiger partial charge in [-0.2, -0.15) is 0 Å². The Labute approximate surface area is 137 Å². The molecule has 0 aromatic heterocycles. The lowest BCUT2D eigenvalue weighted by atomic mass is 9.97. The zero-order chi connectivity index (χ0) is 15.2. The number of rotatable bonds is 6. The fourth-order valence-electron chi connectivity index (χ4n) is 2.43. The molecule has 1 N–H and O–H groups in total. The molecule has 1 nitrogen and oxygen atoms in total. The SMILES string of the molecule is CCCNC(Cc1cc(Cl)ccc1Cl)c1cccc(C)c1. The lowest BCUT2D eigenvalue weighted by molar-refractivity contribution is 0.529. The second kappa shape index (κ2) is 7.84. The number of hydrogen-bond donors (Lipinski definition) is 1. The van der Waals surface area contributed by atoms with Gasteiger partial charge < -0.3 is 5.32 Å². The zero-order valence-electron chi connectivity index (χ0n) is 12.5. The molecule has 0 radical (unpaired) electrons. The van der Waals surface area contributed by atoms with E-state index in [4.69, 9.17) is 23.2 Å². The summed E-state index contributed by atoms with van der Waals surface area (Å²) in [7, 11) is 0. The first-order chi connectivity index (χ1) is 10.1. The van der Waals surface area contributed by atoms with Crippen molar-refractivity contribution in [3.63, 3.8) is 0 Å². The van der Waals surface area contributed by atoms with Crippen LogP contribution in [0.2, 0.25) is 10.0 Å². The van der Waals surface area contributed by atoms with E-state index in [0.29, 0.717) is 0 Å². The summed E-state index contributed by atoms with van der Waals surface area (Å²) >= 11 is 12.4. The maximum Gasteiger partial charge on any atom is 0.0439 e. The van der Waals surface area contributed by atoms with Gasteiger partial charge in [0, 0.05) is 16.1 Å². The van der Waals surface area contributed by atoms with Crippen molar-refractivity contribution in [2.24, 2.45) is 0 Å². The molecular weight excluding hydrogens is 301 g/mol. The highest BCUT2D eigenvalue weighted by Gasteiger charge is 2.14. The molecule has 2 rings (SSSR count). The number of halogens is 2. The van der Waals surface area contributed by atoms with Crippen LogP contribution in [0.3, 0.4) is 0 Å². The van der Waals surface area contributed by atoms with Gasteiger partial charge in [0.1, 0.15) is 0 Å². The molecule has 0 spiro atoms. The summed E-state index contributed by atoms with van der Waals surface area (Å²) in [5.41, 5.74) is 3.65. The van der Waals surface area contributed by atoms with Gasteiger partial charge in [0.15, 0.2) is 0 Å². The van der Waals surface area contributed by atoms with Crippen LogP contribution in [0.1, 0.15) is 36.1 Å². The van der Waals surface area contributed by atoms with Crippen molar-refractivity contribution in [1.29, 1.82) is 0 Å². The average Bonchev–Trinajstić information content (AvgIpc) is 2.47. The Hall–Kier alpha value is -1.02. The minimum Gasteiger partial charge on any atom is -0.310 e. The molecule has 0 fully saturated rings. The fourth-order valence-corrected chi connectivity index (χ4v) is 2.82. The van der Waals surface area contributed by atoms with E-state index in [9.17, 15) is 0 Å². The Morgan fingerprint density at radius 3 is 2.62 bits per heavy atom.